The summed E-state index contributed by atoms with van der Waals surface area (Å²) in [7, 11) is 1.86. The van der Waals surface area contributed by atoms with Crippen molar-refractivity contribution >= 4 is 28.7 Å². The normalized spacial score (nSPS) is 19.1. The summed E-state index contributed by atoms with van der Waals surface area (Å²) in [5.41, 5.74) is 7.53. The molecule has 0 spiro atoms. The number of hydrogen-bond donors (Lipinski definition) is 2. The Bertz CT molecular complexity index is 1060. The molecule has 1 aliphatic rings. The number of rotatable bonds is 4. The summed E-state index contributed by atoms with van der Waals surface area (Å²) < 4.78 is 6.74. The van der Waals surface area contributed by atoms with Gasteiger partial charge in [-0.15, -0.1) is 0 Å². The molecule has 1 fully saturated rings. The number of nitrogens with zero attached hydrogens (tertiary/aromatic N) is 4. The van der Waals surface area contributed by atoms with Crippen LogP contribution in [0.2, 0.25) is 0 Å². The van der Waals surface area contributed by atoms with Crippen molar-refractivity contribution in [3.63, 3.8) is 0 Å². The maximum absolute atomic E-state index is 12.6. The molecule has 0 bridgehead atoms. The Labute approximate surface area is 167 Å². The molecule has 0 atom stereocenters. The molecule has 0 unspecified atom stereocenters. The van der Waals surface area contributed by atoms with Crippen LogP contribution < -0.4 is 11.1 Å². The third kappa shape index (κ3) is 4.34. The predicted octanol–water partition coefficient (Wildman–Crippen LogP) is 2.62. The van der Waals surface area contributed by atoms with E-state index in [4.69, 9.17) is 10.5 Å². The zero-order valence-electron chi connectivity index (χ0n) is 16.0. The van der Waals surface area contributed by atoms with Crippen molar-refractivity contribution in [1.82, 2.24) is 19.7 Å². The molecule has 0 aliphatic heterocycles. The summed E-state index contributed by atoms with van der Waals surface area (Å²) >= 11 is 0. The molecular formula is C20H22N6O3. The Morgan fingerprint density at radius 2 is 2.00 bits per heavy atom. The molecule has 0 saturated heterocycles. The van der Waals surface area contributed by atoms with Crippen molar-refractivity contribution in [2.45, 2.75) is 31.8 Å². The van der Waals surface area contributed by atoms with E-state index in [0.29, 0.717) is 31.5 Å². The fraction of sp³-hybridized carbons (Fsp3) is 0.350. The maximum Gasteiger partial charge on any atom is 0.404 e. The molecule has 1 saturated carbocycles. The molecule has 3 aromatic heterocycles. The zero-order valence-corrected chi connectivity index (χ0v) is 16.0. The lowest BCUT2D eigenvalue weighted by molar-refractivity contribution is -0.121. The summed E-state index contributed by atoms with van der Waals surface area (Å²) in [4.78, 5) is 32.5. The smallest absolute Gasteiger partial charge is 0.404 e. The third-order valence-electron chi connectivity index (χ3n) is 5.15. The Hall–Kier alpha value is -3.49. The van der Waals surface area contributed by atoms with E-state index in [1.807, 2.05) is 25.4 Å². The molecule has 9 nitrogen and oxygen atoms in total. The van der Waals surface area contributed by atoms with Gasteiger partial charge in [-0.2, -0.15) is 5.10 Å². The number of anilines is 1. The van der Waals surface area contributed by atoms with Gasteiger partial charge in [-0.3, -0.25) is 9.48 Å². The summed E-state index contributed by atoms with van der Waals surface area (Å²) in [5.74, 6) is 0.238. The van der Waals surface area contributed by atoms with Crippen molar-refractivity contribution < 1.29 is 14.3 Å². The molecule has 0 aromatic carbocycles. The number of aryl methyl sites for hydroxylation is 1. The van der Waals surface area contributed by atoms with Crippen molar-refractivity contribution in [2.24, 2.45) is 18.7 Å². The minimum atomic E-state index is -0.767. The molecule has 29 heavy (non-hydrogen) atoms. The first-order valence-electron chi connectivity index (χ1n) is 9.51. The number of carbonyl (C=O) groups is 2. The van der Waals surface area contributed by atoms with Crippen LogP contribution in [0.3, 0.4) is 0 Å². The Kier molecular flexibility index (Phi) is 5.11. The lowest BCUT2D eigenvalue weighted by atomic mass is 9.87. The summed E-state index contributed by atoms with van der Waals surface area (Å²) in [6.45, 7) is 0. The fourth-order valence-electron chi connectivity index (χ4n) is 3.63. The second kappa shape index (κ2) is 7.86. The van der Waals surface area contributed by atoms with Crippen LogP contribution in [-0.4, -0.2) is 37.9 Å². The molecular weight excluding hydrogens is 372 g/mol. The number of pyridine rings is 2. The standard InChI is InChI=1S/C20H22N6O3/c1-26-11-14(10-23-26)16-7-4-13-9-22-18(8-17(13)24-16)25-19(27)12-2-5-15(6-3-12)29-20(21)28/h4,7-12,15H,2-3,5-6H2,1H3,(H2,21,28)(H,22,25,27). The van der Waals surface area contributed by atoms with Crippen molar-refractivity contribution in [1.29, 1.82) is 0 Å². The van der Waals surface area contributed by atoms with E-state index in [2.05, 4.69) is 20.4 Å². The van der Waals surface area contributed by atoms with Gasteiger partial charge in [0.25, 0.3) is 0 Å². The first kappa shape index (κ1) is 18.9. The number of primary amides is 1. The first-order valence-corrected chi connectivity index (χ1v) is 9.51. The third-order valence-corrected chi connectivity index (χ3v) is 5.15. The number of ether oxygens (including phenoxy) is 1. The largest absolute Gasteiger partial charge is 0.446 e. The van der Waals surface area contributed by atoms with Gasteiger partial charge in [0.05, 0.1) is 17.4 Å². The van der Waals surface area contributed by atoms with Gasteiger partial charge in [0.1, 0.15) is 11.9 Å². The number of fused-ring (bicyclic) bond motifs is 1. The number of aromatic nitrogens is 4. The van der Waals surface area contributed by atoms with Crippen molar-refractivity contribution in [3.8, 4) is 11.3 Å². The molecule has 4 rings (SSSR count). The van der Waals surface area contributed by atoms with Crippen LogP contribution in [0.5, 0.6) is 0 Å². The Morgan fingerprint density at radius 1 is 1.21 bits per heavy atom. The van der Waals surface area contributed by atoms with Gasteiger partial charge >= 0.3 is 6.09 Å². The van der Waals surface area contributed by atoms with Crippen LogP contribution in [0.15, 0.2) is 36.8 Å². The highest BCUT2D eigenvalue weighted by atomic mass is 16.6. The van der Waals surface area contributed by atoms with Crippen molar-refractivity contribution in [2.75, 3.05) is 5.32 Å². The van der Waals surface area contributed by atoms with Crippen LogP contribution in [-0.2, 0) is 16.6 Å². The highest BCUT2D eigenvalue weighted by Crippen LogP contribution is 2.28. The van der Waals surface area contributed by atoms with Gasteiger partial charge in [-0.05, 0) is 37.8 Å². The predicted molar refractivity (Wildman–Crippen MR) is 107 cm³/mol. The minimum absolute atomic E-state index is 0.0854. The topological polar surface area (TPSA) is 125 Å². The monoisotopic (exact) mass is 394 g/mol. The second-order valence-electron chi connectivity index (χ2n) is 7.26. The number of hydrogen-bond acceptors (Lipinski definition) is 6. The maximum atomic E-state index is 12.6. The lowest BCUT2D eigenvalue weighted by Crippen LogP contribution is -2.32. The second-order valence-corrected chi connectivity index (χ2v) is 7.26. The van der Waals surface area contributed by atoms with E-state index in [1.165, 1.54) is 0 Å². The van der Waals surface area contributed by atoms with E-state index in [9.17, 15) is 9.59 Å². The van der Waals surface area contributed by atoms with Gasteiger partial charge in [0.2, 0.25) is 5.91 Å². The van der Waals surface area contributed by atoms with Crippen LogP contribution in [0.4, 0.5) is 10.6 Å². The summed E-state index contributed by atoms with van der Waals surface area (Å²) in [6.07, 6.45) is 6.92. The van der Waals surface area contributed by atoms with Crippen LogP contribution in [0, 0.1) is 5.92 Å². The Morgan fingerprint density at radius 3 is 2.69 bits per heavy atom. The van der Waals surface area contributed by atoms with E-state index in [0.717, 1.165) is 22.2 Å². The SMILES string of the molecule is Cn1cc(-c2ccc3cnc(NC(=O)C4CCC(OC(N)=O)CC4)cc3n2)cn1. The van der Waals surface area contributed by atoms with Crippen molar-refractivity contribution in [3.05, 3.63) is 36.8 Å². The molecule has 0 radical (unpaired) electrons. The molecule has 1 aliphatic carbocycles. The number of carbonyl (C=O) groups excluding carboxylic acids is 2. The quantitative estimate of drug-likeness (QED) is 0.701. The van der Waals surface area contributed by atoms with Crippen LogP contribution >= 0.6 is 0 Å². The summed E-state index contributed by atoms with van der Waals surface area (Å²) in [6, 6.07) is 5.64. The van der Waals surface area contributed by atoms with Crippen LogP contribution in [0.1, 0.15) is 25.7 Å². The molecule has 3 heterocycles. The van der Waals surface area contributed by atoms with Gasteiger partial charge in [0.15, 0.2) is 0 Å². The average molecular weight is 394 g/mol. The van der Waals surface area contributed by atoms with Gasteiger partial charge in [-0.25, -0.2) is 14.8 Å². The molecule has 3 aromatic rings. The van der Waals surface area contributed by atoms with E-state index >= 15 is 0 Å². The van der Waals surface area contributed by atoms with Gasteiger partial charge in [-0.1, -0.05) is 0 Å². The number of nitrogens with two attached hydrogens (primary N) is 1. The number of amides is 2. The lowest BCUT2D eigenvalue weighted by Gasteiger charge is -2.26. The highest BCUT2D eigenvalue weighted by Gasteiger charge is 2.28. The summed E-state index contributed by atoms with van der Waals surface area (Å²) in [5, 5.41) is 7.95. The number of nitrogens with one attached hydrogen (secondary N) is 1. The average Bonchev–Trinajstić information content (AvgIpc) is 3.14. The first-order chi connectivity index (χ1) is 14.0. The molecule has 9 heteroatoms. The van der Waals surface area contributed by atoms with E-state index in [-0.39, 0.29) is 17.9 Å². The van der Waals surface area contributed by atoms with Gasteiger partial charge in [0, 0.05) is 42.4 Å². The van der Waals surface area contributed by atoms with E-state index in [1.54, 1.807) is 23.1 Å². The highest BCUT2D eigenvalue weighted by molar-refractivity contribution is 5.93. The molecule has 3 N–H and O–H groups in total. The fourth-order valence-corrected chi connectivity index (χ4v) is 3.63. The van der Waals surface area contributed by atoms with Gasteiger partial charge < -0.3 is 15.8 Å². The van der Waals surface area contributed by atoms with E-state index < -0.39 is 6.09 Å². The minimum Gasteiger partial charge on any atom is -0.446 e. The molecule has 150 valence electrons. The van der Waals surface area contributed by atoms with Crippen LogP contribution in [0.25, 0.3) is 22.2 Å². The zero-order chi connectivity index (χ0) is 20.4. The Balaban J connectivity index is 1.45. The molecule has 2 amide bonds.